The zero-order chi connectivity index (χ0) is 24.9. The van der Waals surface area contributed by atoms with E-state index in [1.807, 2.05) is 22.0 Å². The molecule has 9 nitrogen and oxygen atoms in total. The van der Waals surface area contributed by atoms with Crippen LogP contribution >= 0.6 is 11.6 Å². The molecule has 2 aliphatic heterocycles. The third-order valence-electron chi connectivity index (χ3n) is 6.89. The van der Waals surface area contributed by atoms with E-state index in [9.17, 15) is 18.8 Å². The maximum Gasteiger partial charge on any atom is 0.332 e. The Morgan fingerprint density at radius 2 is 1.91 bits per heavy atom. The quantitative estimate of drug-likeness (QED) is 0.511. The second-order valence-corrected chi connectivity index (χ2v) is 9.48. The number of halogens is 2. The number of nitrogens with zero attached hydrogens (tertiary/aromatic N) is 6. The number of benzene rings is 1. The minimum Gasteiger partial charge on any atom is -0.341 e. The minimum atomic E-state index is -0.526. The van der Waals surface area contributed by atoms with Gasteiger partial charge in [-0.2, -0.15) is 4.98 Å². The second-order valence-electron chi connectivity index (χ2n) is 9.08. The van der Waals surface area contributed by atoms with Crippen LogP contribution in [0.15, 0.2) is 39.9 Å². The van der Waals surface area contributed by atoms with Crippen molar-refractivity contribution in [3.63, 3.8) is 0 Å². The number of hydrogen-bond donors (Lipinski definition) is 0. The summed E-state index contributed by atoms with van der Waals surface area (Å²) >= 11 is 6.32. The Morgan fingerprint density at radius 1 is 1.17 bits per heavy atom. The number of rotatable bonds is 4. The first kappa shape index (κ1) is 23.3. The van der Waals surface area contributed by atoms with Crippen molar-refractivity contribution in [1.29, 1.82) is 0 Å². The molecular weight excluding hydrogens is 475 g/mol. The highest BCUT2D eigenvalue weighted by Gasteiger charge is 2.32. The highest BCUT2D eigenvalue weighted by atomic mass is 35.5. The Kier molecular flexibility index (Phi) is 6.00. The van der Waals surface area contributed by atoms with Crippen molar-refractivity contribution in [2.24, 2.45) is 20.0 Å². The lowest BCUT2D eigenvalue weighted by atomic mass is 9.97. The smallest absolute Gasteiger partial charge is 0.332 e. The molecule has 1 aromatic carbocycles. The molecule has 0 bridgehead atoms. The average molecular weight is 501 g/mol. The van der Waals surface area contributed by atoms with Gasteiger partial charge in [-0.1, -0.05) is 29.8 Å². The summed E-state index contributed by atoms with van der Waals surface area (Å²) in [6.45, 7) is 2.20. The molecule has 2 aromatic heterocycles. The van der Waals surface area contributed by atoms with E-state index in [2.05, 4.69) is 4.98 Å². The molecule has 35 heavy (non-hydrogen) atoms. The molecule has 0 aliphatic carbocycles. The maximum atomic E-state index is 14.8. The van der Waals surface area contributed by atoms with Crippen molar-refractivity contribution in [3.05, 3.63) is 67.6 Å². The van der Waals surface area contributed by atoms with Crippen LogP contribution in [0.25, 0.3) is 11.2 Å². The van der Waals surface area contributed by atoms with Gasteiger partial charge in [-0.25, -0.2) is 9.18 Å². The molecule has 1 saturated heterocycles. The zero-order valence-electron chi connectivity index (χ0n) is 19.6. The molecule has 1 amide bonds. The molecule has 5 rings (SSSR count). The molecule has 2 aliphatic rings. The lowest BCUT2D eigenvalue weighted by Crippen LogP contribution is -2.45. The van der Waals surface area contributed by atoms with Crippen LogP contribution in [0.4, 0.5) is 10.3 Å². The summed E-state index contributed by atoms with van der Waals surface area (Å²) in [5.74, 6) is -0.224. The van der Waals surface area contributed by atoms with Crippen molar-refractivity contribution in [1.82, 2.24) is 23.6 Å². The van der Waals surface area contributed by atoms with Crippen molar-refractivity contribution in [2.45, 2.75) is 19.4 Å². The number of amides is 1. The van der Waals surface area contributed by atoms with E-state index >= 15 is 0 Å². The number of carbonyl (C=O) groups is 1. The minimum absolute atomic E-state index is 0.0457. The van der Waals surface area contributed by atoms with Gasteiger partial charge in [-0.05, 0) is 25.0 Å². The van der Waals surface area contributed by atoms with Gasteiger partial charge in [0, 0.05) is 50.9 Å². The molecule has 1 fully saturated rings. The lowest BCUT2D eigenvalue weighted by Gasteiger charge is -2.34. The number of hydrogen-bond acceptors (Lipinski definition) is 5. The van der Waals surface area contributed by atoms with Crippen LogP contribution in [0.5, 0.6) is 0 Å². The van der Waals surface area contributed by atoms with Crippen LogP contribution in [-0.4, -0.2) is 55.7 Å². The van der Waals surface area contributed by atoms with Crippen LogP contribution < -0.4 is 16.1 Å². The molecule has 0 saturated carbocycles. The molecule has 184 valence electrons. The van der Waals surface area contributed by atoms with Crippen molar-refractivity contribution in [3.8, 4) is 0 Å². The summed E-state index contributed by atoms with van der Waals surface area (Å²) in [5.41, 5.74) is -0.421. The molecule has 3 aromatic rings. The number of piperidine rings is 1. The van der Waals surface area contributed by atoms with Crippen LogP contribution in [-0.2, 0) is 25.4 Å². The highest BCUT2D eigenvalue weighted by Crippen LogP contribution is 2.29. The molecule has 1 atom stereocenters. The van der Waals surface area contributed by atoms with Gasteiger partial charge in [-0.15, -0.1) is 0 Å². The highest BCUT2D eigenvalue weighted by molar-refractivity contribution is 6.31. The van der Waals surface area contributed by atoms with Gasteiger partial charge in [-0.3, -0.25) is 23.3 Å². The summed E-state index contributed by atoms with van der Waals surface area (Å²) < 4.78 is 18.7. The number of anilines is 1. The lowest BCUT2D eigenvalue weighted by molar-refractivity contribution is -0.134. The molecule has 0 spiro atoms. The Labute approximate surface area is 205 Å². The van der Waals surface area contributed by atoms with E-state index in [1.54, 1.807) is 17.7 Å². The summed E-state index contributed by atoms with van der Waals surface area (Å²) in [6, 6.07) is 4.42. The summed E-state index contributed by atoms with van der Waals surface area (Å²) in [6.07, 6.45) is 5.47. The molecule has 0 radical (unpaired) electrons. The first-order valence-corrected chi connectivity index (χ1v) is 11.9. The van der Waals surface area contributed by atoms with Gasteiger partial charge in [0.25, 0.3) is 5.56 Å². The molecule has 1 unspecified atom stereocenters. The summed E-state index contributed by atoms with van der Waals surface area (Å²) in [7, 11) is 2.95. The SMILES string of the molecule is Cn1c(=O)c2c(nc(N3CCCC(C(=O)N4CC=CC4)C3)n2Cc2c(F)cccc2Cl)n(C)c1=O. The fourth-order valence-electron chi connectivity index (χ4n) is 4.94. The number of fused-ring (bicyclic) bond motifs is 1. The van der Waals surface area contributed by atoms with Crippen LogP contribution in [0.1, 0.15) is 18.4 Å². The number of carbonyl (C=O) groups excluding carboxylic acids is 1. The Morgan fingerprint density at radius 3 is 2.63 bits per heavy atom. The van der Waals surface area contributed by atoms with Crippen LogP contribution in [0, 0.1) is 11.7 Å². The molecule has 0 N–H and O–H groups in total. The number of aryl methyl sites for hydroxylation is 1. The predicted molar refractivity (Wildman–Crippen MR) is 131 cm³/mol. The number of aromatic nitrogens is 4. The summed E-state index contributed by atoms with van der Waals surface area (Å²) in [4.78, 5) is 47.3. The predicted octanol–water partition coefficient (Wildman–Crippen LogP) is 1.89. The topological polar surface area (TPSA) is 85.4 Å². The van der Waals surface area contributed by atoms with Gasteiger partial charge in [0.05, 0.1) is 12.5 Å². The monoisotopic (exact) mass is 500 g/mol. The van der Waals surface area contributed by atoms with Crippen LogP contribution in [0.3, 0.4) is 0 Å². The van der Waals surface area contributed by atoms with Gasteiger partial charge in [0.1, 0.15) is 5.82 Å². The van der Waals surface area contributed by atoms with Crippen LogP contribution in [0.2, 0.25) is 5.02 Å². The third-order valence-corrected chi connectivity index (χ3v) is 7.24. The largest absolute Gasteiger partial charge is 0.341 e. The van der Waals surface area contributed by atoms with Gasteiger partial charge in [0.2, 0.25) is 11.9 Å². The molecular formula is C24H26ClFN6O3. The molecule has 4 heterocycles. The fraction of sp³-hybridized carbons (Fsp3) is 0.417. The van der Waals surface area contributed by atoms with E-state index in [0.717, 1.165) is 17.4 Å². The van der Waals surface area contributed by atoms with Gasteiger partial charge in [0.15, 0.2) is 11.2 Å². The van der Waals surface area contributed by atoms with Gasteiger partial charge >= 0.3 is 5.69 Å². The summed E-state index contributed by atoms with van der Waals surface area (Å²) in [5, 5.41) is 0.229. The van der Waals surface area contributed by atoms with E-state index in [0.29, 0.717) is 32.1 Å². The molecule has 11 heteroatoms. The van der Waals surface area contributed by atoms with E-state index in [-0.39, 0.29) is 40.1 Å². The second kappa shape index (κ2) is 8.99. The maximum absolute atomic E-state index is 14.8. The third kappa shape index (κ3) is 3.95. The fourth-order valence-corrected chi connectivity index (χ4v) is 5.17. The van der Waals surface area contributed by atoms with Gasteiger partial charge < -0.3 is 9.80 Å². The van der Waals surface area contributed by atoms with Crippen molar-refractivity contribution >= 4 is 34.6 Å². The van der Waals surface area contributed by atoms with E-state index in [4.69, 9.17) is 11.6 Å². The van der Waals surface area contributed by atoms with E-state index in [1.165, 1.54) is 23.7 Å². The standard InChI is InChI=1S/C24H26ClFN6O3/c1-28-20-19(22(34)29(2)24(28)35)32(14-16-17(25)8-5-9-18(16)26)23(27-20)31-12-6-7-15(13-31)21(33)30-10-3-4-11-30/h3-5,8-9,15H,6-7,10-14H2,1-2H3. The number of imidazole rings is 1. The zero-order valence-corrected chi connectivity index (χ0v) is 20.3. The van der Waals surface area contributed by atoms with Crippen molar-refractivity contribution in [2.75, 3.05) is 31.1 Å². The first-order valence-electron chi connectivity index (χ1n) is 11.6. The van der Waals surface area contributed by atoms with Crippen molar-refractivity contribution < 1.29 is 9.18 Å². The Hall–Kier alpha value is -3.40. The normalized spacial score (nSPS) is 18.1. The first-order chi connectivity index (χ1) is 16.8. The van der Waals surface area contributed by atoms with E-state index < -0.39 is 17.1 Å². The Bertz CT molecular complexity index is 1440. The Balaban J connectivity index is 1.63. The average Bonchev–Trinajstić information content (AvgIpc) is 3.52.